The number of rotatable bonds is 6. The number of amides is 2. The molecule has 1 unspecified atom stereocenters. The van der Waals surface area contributed by atoms with Crippen molar-refractivity contribution in [1.82, 2.24) is 10.2 Å². The van der Waals surface area contributed by atoms with Gasteiger partial charge in [-0.05, 0) is 25.2 Å². The lowest BCUT2D eigenvalue weighted by Gasteiger charge is -2.26. The van der Waals surface area contributed by atoms with Crippen molar-refractivity contribution >= 4 is 24.2 Å². The molecule has 5 nitrogen and oxygen atoms in total. The number of nitrogens with zero attached hydrogens (tertiary/aromatic N) is 1. The van der Waals surface area contributed by atoms with Gasteiger partial charge >= 0.3 is 0 Å². The van der Waals surface area contributed by atoms with Crippen LogP contribution in [0.25, 0.3) is 0 Å². The second-order valence-corrected chi connectivity index (χ2v) is 6.11. The molecule has 1 saturated heterocycles. The molecule has 0 bridgehead atoms. The van der Waals surface area contributed by atoms with E-state index in [0.29, 0.717) is 25.4 Å². The van der Waals surface area contributed by atoms with E-state index in [1.807, 2.05) is 0 Å². The topological polar surface area (TPSA) is 75.4 Å². The van der Waals surface area contributed by atoms with E-state index >= 15 is 0 Å². The van der Waals surface area contributed by atoms with Crippen LogP contribution in [0.4, 0.5) is 0 Å². The van der Waals surface area contributed by atoms with E-state index in [2.05, 4.69) is 19.2 Å². The predicted octanol–water partition coefficient (Wildman–Crippen LogP) is 1.69. The summed E-state index contributed by atoms with van der Waals surface area (Å²) in [5, 5.41) is 2.94. The van der Waals surface area contributed by atoms with Gasteiger partial charge in [0.1, 0.15) is 0 Å². The van der Waals surface area contributed by atoms with Gasteiger partial charge in [-0.1, -0.05) is 26.7 Å². The van der Waals surface area contributed by atoms with E-state index in [0.717, 1.165) is 32.1 Å². The lowest BCUT2D eigenvalue weighted by atomic mass is 10.0. The first kappa shape index (κ1) is 20.2. The van der Waals surface area contributed by atoms with Crippen molar-refractivity contribution in [2.45, 2.75) is 58.4 Å². The second-order valence-electron chi connectivity index (χ2n) is 6.11. The smallest absolute Gasteiger partial charge is 0.239 e. The van der Waals surface area contributed by atoms with E-state index in [1.165, 1.54) is 0 Å². The van der Waals surface area contributed by atoms with Crippen molar-refractivity contribution in [2.75, 3.05) is 19.6 Å². The van der Waals surface area contributed by atoms with E-state index in [4.69, 9.17) is 5.73 Å². The largest absolute Gasteiger partial charge is 0.351 e. The molecule has 1 aliphatic heterocycles. The molecule has 0 aromatic heterocycles. The normalized spacial score (nSPS) is 17.7. The molecule has 21 heavy (non-hydrogen) atoms. The van der Waals surface area contributed by atoms with Crippen LogP contribution >= 0.6 is 12.4 Å². The number of likely N-dealkylation sites (tertiary alicyclic amines) is 1. The number of nitrogens with one attached hydrogen (secondary N) is 1. The first-order valence-electron chi connectivity index (χ1n) is 7.80. The van der Waals surface area contributed by atoms with Crippen molar-refractivity contribution in [2.24, 2.45) is 11.7 Å². The van der Waals surface area contributed by atoms with Crippen LogP contribution in [0.1, 0.15) is 52.4 Å². The molecule has 124 valence electrons. The molecule has 0 aromatic carbocycles. The van der Waals surface area contributed by atoms with Gasteiger partial charge in [0.15, 0.2) is 0 Å². The maximum atomic E-state index is 12.0. The molecule has 0 saturated carbocycles. The quantitative estimate of drug-likeness (QED) is 0.782. The number of halogens is 1. The Morgan fingerprint density at radius 2 is 1.95 bits per heavy atom. The Bertz CT molecular complexity index is 324. The summed E-state index contributed by atoms with van der Waals surface area (Å²) in [5.74, 6) is 0.509. The molecule has 1 aliphatic rings. The van der Waals surface area contributed by atoms with Gasteiger partial charge in [-0.25, -0.2) is 0 Å². The minimum Gasteiger partial charge on any atom is -0.351 e. The summed E-state index contributed by atoms with van der Waals surface area (Å²) in [6.45, 7) is 5.53. The van der Waals surface area contributed by atoms with Crippen LogP contribution in [0.3, 0.4) is 0 Å². The molecule has 1 rings (SSSR count). The Kier molecular flexibility index (Phi) is 10.4. The Balaban J connectivity index is 0.00000400. The van der Waals surface area contributed by atoms with Gasteiger partial charge < -0.3 is 16.0 Å². The Labute approximate surface area is 134 Å². The summed E-state index contributed by atoms with van der Waals surface area (Å²) in [5.41, 5.74) is 5.68. The zero-order valence-corrected chi connectivity index (χ0v) is 14.1. The molecule has 0 spiro atoms. The Hall–Kier alpha value is -0.810. The van der Waals surface area contributed by atoms with Gasteiger partial charge in [0, 0.05) is 25.6 Å². The van der Waals surface area contributed by atoms with Gasteiger partial charge in [-0.2, -0.15) is 0 Å². The lowest BCUT2D eigenvalue weighted by Crippen LogP contribution is -2.47. The highest BCUT2D eigenvalue weighted by molar-refractivity contribution is 5.85. The molecule has 2 amide bonds. The monoisotopic (exact) mass is 319 g/mol. The van der Waals surface area contributed by atoms with Crippen molar-refractivity contribution in [3.63, 3.8) is 0 Å². The van der Waals surface area contributed by atoms with Gasteiger partial charge in [0.2, 0.25) is 11.8 Å². The zero-order valence-electron chi connectivity index (χ0n) is 13.3. The van der Waals surface area contributed by atoms with E-state index < -0.39 is 0 Å². The third-order valence-electron chi connectivity index (χ3n) is 3.66. The molecule has 0 aliphatic carbocycles. The molecule has 1 heterocycles. The van der Waals surface area contributed by atoms with Gasteiger partial charge in [-0.3, -0.25) is 9.59 Å². The Morgan fingerprint density at radius 3 is 2.57 bits per heavy atom. The van der Waals surface area contributed by atoms with Crippen LogP contribution in [0.5, 0.6) is 0 Å². The zero-order chi connectivity index (χ0) is 15.0. The fraction of sp³-hybridized carbons (Fsp3) is 0.867. The van der Waals surface area contributed by atoms with E-state index in [1.54, 1.807) is 4.90 Å². The number of hydrogen-bond donors (Lipinski definition) is 2. The summed E-state index contributed by atoms with van der Waals surface area (Å²) < 4.78 is 0. The third kappa shape index (κ3) is 8.27. The van der Waals surface area contributed by atoms with Crippen LogP contribution in [0.15, 0.2) is 0 Å². The van der Waals surface area contributed by atoms with Crippen molar-refractivity contribution in [3.8, 4) is 0 Å². The highest BCUT2D eigenvalue weighted by Crippen LogP contribution is 2.11. The minimum atomic E-state index is -0.0879. The molecule has 3 N–H and O–H groups in total. The molecule has 0 aromatic rings. The highest BCUT2D eigenvalue weighted by Gasteiger charge is 2.20. The molecule has 1 fully saturated rings. The van der Waals surface area contributed by atoms with Crippen LogP contribution in [0, 0.1) is 5.92 Å². The number of hydrogen-bond acceptors (Lipinski definition) is 3. The summed E-state index contributed by atoms with van der Waals surface area (Å²) in [6.07, 6.45) is 5.64. The highest BCUT2D eigenvalue weighted by atomic mass is 35.5. The van der Waals surface area contributed by atoms with Crippen LogP contribution in [-0.2, 0) is 9.59 Å². The molecule has 1 atom stereocenters. The van der Waals surface area contributed by atoms with Crippen molar-refractivity contribution in [1.29, 1.82) is 0 Å². The van der Waals surface area contributed by atoms with Crippen LogP contribution in [0.2, 0.25) is 0 Å². The summed E-state index contributed by atoms with van der Waals surface area (Å²) in [7, 11) is 0. The number of nitrogens with two attached hydrogens (primary N) is 1. The summed E-state index contributed by atoms with van der Waals surface area (Å²) >= 11 is 0. The average Bonchev–Trinajstić information content (AvgIpc) is 2.37. The Morgan fingerprint density at radius 1 is 1.29 bits per heavy atom. The lowest BCUT2D eigenvalue weighted by molar-refractivity contribution is -0.136. The maximum Gasteiger partial charge on any atom is 0.239 e. The van der Waals surface area contributed by atoms with Gasteiger partial charge in [0.25, 0.3) is 0 Å². The predicted molar refractivity (Wildman–Crippen MR) is 87.4 cm³/mol. The van der Waals surface area contributed by atoms with Gasteiger partial charge in [-0.15, -0.1) is 12.4 Å². The number of carbonyl (C=O) groups excluding carboxylic acids is 2. The van der Waals surface area contributed by atoms with Crippen LogP contribution < -0.4 is 11.1 Å². The van der Waals surface area contributed by atoms with E-state index in [-0.39, 0.29) is 36.8 Å². The second kappa shape index (κ2) is 10.9. The molecular weight excluding hydrogens is 290 g/mol. The SMILES string of the molecule is CC(C)CC(CN)NC(=O)CN1CCCCCCC1=O.Cl. The van der Waals surface area contributed by atoms with Crippen molar-refractivity contribution in [3.05, 3.63) is 0 Å². The standard InChI is InChI=1S/C15H29N3O2.ClH/c1-12(2)9-13(10-16)17-14(19)11-18-8-6-4-3-5-7-15(18)20;/h12-13H,3-11,16H2,1-2H3,(H,17,19);1H. The molecular formula is C15H30ClN3O2. The average molecular weight is 320 g/mol. The summed E-state index contributed by atoms with van der Waals surface area (Å²) in [4.78, 5) is 25.7. The van der Waals surface area contributed by atoms with Gasteiger partial charge in [0.05, 0.1) is 6.54 Å². The first-order valence-corrected chi connectivity index (χ1v) is 7.80. The fourth-order valence-corrected chi connectivity index (χ4v) is 2.61. The van der Waals surface area contributed by atoms with Crippen molar-refractivity contribution < 1.29 is 9.59 Å². The maximum absolute atomic E-state index is 12.0. The number of carbonyl (C=O) groups is 2. The summed E-state index contributed by atoms with van der Waals surface area (Å²) in [6, 6.07) is 0.00681. The van der Waals surface area contributed by atoms with Crippen LogP contribution in [-0.4, -0.2) is 42.4 Å². The fourth-order valence-electron chi connectivity index (χ4n) is 2.61. The first-order chi connectivity index (χ1) is 9.52. The molecule has 6 heteroatoms. The minimum absolute atomic E-state index is 0. The molecule has 0 radical (unpaired) electrons. The third-order valence-corrected chi connectivity index (χ3v) is 3.66. The van der Waals surface area contributed by atoms with E-state index in [9.17, 15) is 9.59 Å².